The van der Waals surface area contributed by atoms with Crippen LogP contribution in [0, 0.1) is 0 Å². The lowest BCUT2D eigenvalue weighted by atomic mass is 10.1. The maximum absolute atomic E-state index is 12.9. The number of benzene rings is 1. The number of rotatable bonds is 3. The fraction of sp³-hybridized carbons (Fsp3) is 0.368. The van der Waals surface area contributed by atoms with E-state index in [2.05, 4.69) is 9.88 Å². The highest BCUT2D eigenvalue weighted by Crippen LogP contribution is 2.34. The molecule has 25 heavy (non-hydrogen) atoms. The number of piperazine rings is 1. The smallest absolute Gasteiger partial charge is 0.257 e. The number of carbonyl (C=O) groups excluding carboxylic acids is 1. The summed E-state index contributed by atoms with van der Waals surface area (Å²) in [4.78, 5) is 21.2. The van der Waals surface area contributed by atoms with Gasteiger partial charge in [-0.2, -0.15) is 0 Å². The minimum absolute atomic E-state index is 0.0194. The molecule has 1 aromatic heterocycles. The zero-order valence-electron chi connectivity index (χ0n) is 14.1. The van der Waals surface area contributed by atoms with Gasteiger partial charge in [-0.15, -0.1) is 0 Å². The van der Waals surface area contributed by atoms with Crippen LogP contribution in [0.4, 0.5) is 0 Å². The van der Waals surface area contributed by atoms with Crippen molar-refractivity contribution in [3.8, 4) is 11.5 Å². The fourth-order valence-electron chi connectivity index (χ4n) is 3.27. The molecule has 0 spiro atoms. The number of carbonyl (C=O) groups is 1. The number of aromatic nitrogens is 1. The number of pyridine rings is 1. The van der Waals surface area contributed by atoms with Crippen molar-refractivity contribution < 1.29 is 14.3 Å². The predicted molar refractivity (Wildman–Crippen MR) is 92.8 cm³/mol. The van der Waals surface area contributed by atoms with Crippen LogP contribution in [0.1, 0.15) is 15.9 Å². The molecule has 1 saturated heterocycles. The third-order valence-electron chi connectivity index (χ3n) is 4.61. The quantitative estimate of drug-likeness (QED) is 0.854. The number of para-hydroxylation sites is 1. The van der Waals surface area contributed by atoms with Crippen LogP contribution < -0.4 is 9.47 Å². The molecule has 2 aliphatic rings. The summed E-state index contributed by atoms with van der Waals surface area (Å²) in [5.41, 5.74) is 1.84. The van der Waals surface area contributed by atoms with E-state index in [4.69, 9.17) is 9.47 Å². The predicted octanol–water partition coefficient (Wildman–Crippen LogP) is 1.81. The van der Waals surface area contributed by atoms with Crippen molar-refractivity contribution >= 4 is 5.91 Å². The second-order valence-electron chi connectivity index (χ2n) is 6.25. The standard InChI is InChI=1S/C19H21N3O3/c23-19(16-2-1-3-17-18(16)25-13-12-24-17)22-10-8-21(9-11-22)14-15-4-6-20-7-5-15/h1-7H,8-14H2. The molecule has 6 heteroatoms. The zero-order chi connectivity index (χ0) is 17.1. The molecule has 2 aliphatic heterocycles. The summed E-state index contributed by atoms with van der Waals surface area (Å²) in [6.45, 7) is 5.06. The Morgan fingerprint density at radius 2 is 1.76 bits per heavy atom. The Hall–Kier alpha value is -2.60. The lowest BCUT2D eigenvalue weighted by Crippen LogP contribution is -2.48. The van der Waals surface area contributed by atoms with Gasteiger partial charge in [-0.25, -0.2) is 0 Å². The first-order valence-electron chi connectivity index (χ1n) is 8.60. The summed E-state index contributed by atoms with van der Waals surface area (Å²) >= 11 is 0. The highest BCUT2D eigenvalue weighted by molar-refractivity contribution is 5.98. The van der Waals surface area contributed by atoms with Gasteiger partial charge in [-0.1, -0.05) is 6.07 Å². The summed E-state index contributed by atoms with van der Waals surface area (Å²) in [6, 6.07) is 9.58. The molecule has 0 aliphatic carbocycles. The molecular formula is C19H21N3O3. The molecule has 0 N–H and O–H groups in total. The van der Waals surface area contributed by atoms with Crippen molar-refractivity contribution in [2.75, 3.05) is 39.4 Å². The van der Waals surface area contributed by atoms with Crippen molar-refractivity contribution in [1.29, 1.82) is 0 Å². The number of nitrogens with zero attached hydrogens (tertiary/aromatic N) is 3. The van der Waals surface area contributed by atoms with E-state index in [0.717, 1.165) is 19.6 Å². The molecule has 0 bridgehead atoms. The summed E-state index contributed by atoms with van der Waals surface area (Å²) in [6.07, 6.45) is 3.63. The molecule has 0 unspecified atom stereocenters. The summed E-state index contributed by atoms with van der Waals surface area (Å²) in [5, 5.41) is 0. The maximum atomic E-state index is 12.9. The Morgan fingerprint density at radius 1 is 1.00 bits per heavy atom. The van der Waals surface area contributed by atoms with Gasteiger partial charge in [-0.05, 0) is 29.8 Å². The van der Waals surface area contributed by atoms with Crippen LogP contribution in [0.15, 0.2) is 42.7 Å². The van der Waals surface area contributed by atoms with E-state index in [-0.39, 0.29) is 5.91 Å². The monoisotopic (exact) mass is 339 g/mol. The second-order valence-corrected chi connectivity index (χ2v) is 6.25. The maximum Gasteiger partial charge on any atom is 0.257 e. The minimum Gasteiger partial charge on any atom is -0.486 e. The van der Waals surface area contributed by atoms with Crippen LogP contribution in [-0.2, 0) is 6.54 Å². The van der Waals surface area contributed by atoms with E-state index >= 15 is 0 Å². The van der Waals surface area contributed by atoms with Crippen molar-refractivity contribution in [2.45, 2.75) is 6.54 Å². The van der Waals surface area contributed by atoms with E-state index in [1.807, 2.05) is 47.6 Å². The van der Waals surface area contributed by atoms with Crippen LogP contribution in [0.5, 0.6) is 11.5 Å². The summed E-state index contributed by atoms with van der Waals surface area (Å²) in [5.74, 6) is 1.26. The Morgan fingerprint density at radius 3 is 2.56 bits per heavy atom. The van der Waals surface area contributed by atoms with E-state index in [1.165, 1.54) is 5.56 Å². The second kappa shape index (κ2) is 7.11. The molecular weight excluding hydrogens is 318 g/mol. The summed E-state index contributed by atoms with van der Waals surface area (Å²) in [7, 11) is 0. The molecule has 130 valence electrons. The van der Waals surface area contributed by atoms with Gasteiger partial charge < -0.3 is 14.4 Å². The minimum atomic E-state index is 0.0194. The molecule has 6 nitrogen and oxygen atoms in total. The number of ether oxygens (including phenoxy) is 2. The van der Waals surface area contributed by atoms with Crippen LogP contribution in [0.2, 0.25) is 0 Å². The van der Waals surface area contributed by atoms with Gasteiger partial charge >= 0.3 is 0 Å². The van der Waals surface area contributed by atoms with Crippen LogP contribution >= 0.6 is 0 Å². The van der Waals surface area contributed by atoms with Crippen molar-refractivity contribution in [3.63, 3.8) is 0 Å². The molecule has 1 aromatic carbocycles. The Labute approximate surface area is 147 Å². The molecule has 0 atom stereocenters. The first-order chi connectivity index (χ1) is 12.3. The average Bonchev–Trinajstić information content (AvgIpc) is 2.68. The highest BCUT2D eigenvalue weighted by Gasteiger charge is 2.27. The first-order valence-corrected chi connectivity index (χ1v) is 8.60. The van der Waals surface area contributed by atoms with E-state index in [9.17, 15) is 4.79 Å². The average molecular weight is 339 g/mol. The molecule has 4 rings (SSSR count). The third kappa shape index (κ3) is 3.44. The number of hydrogen-bond donors (Lipinski definition) is 0. The van der Waals surface area contributed by atoms with Crippen molar-refractivity contribution in [1.82, 2.24) is 14.8 Å². The van der Waals surface area contributed by atoms with Gasteiger partial charge in [0.25, 0.3) is 5.91 Å². The zero-order valence-corrected chi connectivity index (χ0v) is 14.1. The normalized spacial score (nSPS) is 17.4. The van der Waals surface area contributed by atoms with Crippen LogP contribution in [0.25, 0.3) is 0 Å². The Kier molecular flexibility index (Phi) is 4.52. The Balaban J connectivity index is 1.40. The largest absolute Gasteiger partial charge is 0.486 e. The molecule has 3 heterocycles. The number of fused-ring (bicyclic) bond motifs is 1. The van der Waals surface area contributed by atoms with Gasteiger partial charge in [0.2, 0.25) is 0 Å². The molecule has 0 saturated carbocycles. The van der Waals surface area contributed by atoms with Crippen molar-refractivity contribution in [2.24, 2.45) is 0 Å². The van der Waals surface area contributed by atoms with Gasteiger partial charge in [0.05, 0.1) is 5.56 Å². The van der Waals surface area contributed by atoms with E-state index in [0.29, 0.717) is 43.4 Å². The van der Waals surface area contributed by atoms with Crippen LogP contribution in [-0.4, -0.2) is 60.1 Å². The Bertz CT molecular complexity index is 743. The lowest BCUT2D eigenvalue weighted by Gasteiger charge is -2.35. The lowest BCUT2D eigenvalue weighted by molar-refractivity contribution is 0.0619. The number of hydrogen-bond acceptors (Lipinski definition) is 5. The van der Waals surface area contributed by atoms with E-state index in [1.54, 1.807) is 0 Å². The molecule has 1 amide bonds. The molecule has 0 radical (unpaired) electrons. The molecule has 2 aromatic rings. The van der Waals surface area contributed by atoms with Crippen LogP contribution in [0.3, 0.4) is 0 Å². The van der Waals surface area contributed by atoms with Crippen molar-refractivity contribution in [3.05, 3.63) is 53.9 Å². The molecule has 1 fully saturated rings. The third-order valence-corrected chi connectivity index (χ3v) is 4.61. The first kappa shape index (κ1) is 15.9. The number of amides is 1. The summed E-state index contributed by atoms with van der Waals surface area (Å²) < 4.78 is 11.3. The fourth-order valence-corrected chi connectivity index (χ4v) is 3.27. The SMILES string of the molecule is O=C(c1cccc2c1OCCO2)N1CCN(Cc2ccncc2)CC1. The van der Waals surface area contributed by atoms with Gasteiger partial charge in [-0.3, -0.25) is 14.7 Å². The topological polar surface area (TPSA) is 54.9 Å². The van der Waals surface area contributed by atoms with Gasteiger partial charge in [0.15, 0.2) is 11.5 Å². The van der Waals surface area contributed by atoms with E-state index < -0.39 is 0 Å². The van der Waals surface area contributed by atoms with Gasteiger partial charge in [0.1, 0.15) is 13.2 Å². The van der Waals surface area contributed by atoms with Gasteiger partial charge in [0, 0.05) is 45.1 Å². The highest BCUT2D eigenvalue weighted by atomic mass is 16.6.